The first-order valence-electron chi connectivity index (χ1n) is 9.95. The van der Waals surface area contributed by atoms with Gasteiger partial charge in [-0.05, 0) is 36.6 Å². The van der Waals surface area contributed by atoms with Crippen LogP contribution in [0.25, 0.3) is 5.57 Å². The van der Waals surface area contributed by atoms with Gasteiger partial charge in [-0.3, -0.25) is 14.5 Å². The lowest BCUT2D eigenvalue weighted by Crippen LogP contribution is -2.31. The summed E-state index contributed by atoms with van der Waals surface area (Å²) in [6, 6.07) is 15.8. The first kappa shape index (κ1) is 21.3. The number of halogens is 1. The van der Waals surface area contributed by atoms with Crippen molar-refractivity contribution < 1.29 is 9.59 Å². The maximum absolute atomic E-state index is 13.3. The number of unbranched alkanes of at least 4 members (excludes halogenated alkanes) is 1. The molecule has 2 amide bonds. The van der Waals surface area contributed by atoms with Crippen LogP contribution < -0.4 is 4.90 Å². The average molecular weight is 501 g/mol. The van der Waals surface area contributed by atoms with Crippen LogP contribution >= 0.6 is 39.9 Å². The van der Waals surface area contributed by atoms with Crippen LogP contribution in [0.1, 0.15) is 30.9 Å². The summed E-state index contributed by atoms with van der Waals surface area (Å²) in [4.78, 5) is 30.4. The third-order valence-corrected chi connectivity index (χ3v) is 7.20. The van der Waals surface area contributed by atoms with Crippen LogP contribution in [0.3, 0.4) is 0 Å². The Kier molecular flexibility index (Phi) is 6.41. The molecule has 4 nitrogen and oxygen atoms in total. The lowest BCUT2D eigenvalue weighted by molar-refractivity contribution is -0.122. The molecule has 7 heteroatoms. The first-order valence-corrected chi connectivity index (χ1v) is 12.0. The Balaban J connectivity index is 1.66. The fraction of sp³-hybridized carbons (Fsp3) is 0.261. The van der Waals surface area contributed by atoms with Gasteiger partial charge in [0.2, 0.25) is 0 Å². The van der Waals surface area contributed by atoms with Crippen molar-refractivity contribution in [3.05, 3.63) is 69.0 Å². The summed E-state index contributed by atoms with van der Waals surface area (Å²) >= 11 is 10.2. The van der Waals surface area contributed by atoms with Crippen LogP contribution in [0.4, 0.5) is 5.69 Å². The number of thioether (sulfide) groups is 1. The van der Waals surface area contributed by atoms with Crippen molar-refractivity contribution in [2.45, 2.75) is 26.2 Å². The summed E-state index contributed by atoms with van der Waals surface area (Å²) in [6.45, 7) is 3.24. The number of carbonyl (C=O) groups excluding carboxylic acids is 2. The molecule has 0 atom stereocenters. The number of hydrogen-bond donors (Lipinski definition) is 0. The number of amides is 2. The number of rotatable bonds is 6. The third-order valence-electron chi connectivity index (χ3n) is 5.26. The van der Waals surface area contributed by atoms with E-state index in [2.05, 4.69) is 22.9 Å². The van der Waals surface area contributed by atoms with Crippen molar-refractivity contribution in [2.24, 2.45) is 0 Å². The zero-order valence-corrected chi connectivity index (χ0v) is 19.8. The molecule has 2 aromatic rings. The molecule has 0 radical (unpaired) electrons. The fourth-order valence-corrected chi connectivity index (χ4v) is 5.43. The van der Waals surface area contributed by atoms with Gasteiger partial charge in [-0.25, -0.2) is 0 Å². The van der Waals surface area contributed by atoms with Gasteiger partial charge in [-0.2, -0.15) is 0 Å². The minimum Gasteiger partial charge on any atom is -0.308 e. The molecule has 30 heavy (non-hydrogen) atoms. The molecular formula is C23H21BrN2O2S2. The standard InChI is InChI=1S/C23H21BrN2O2S2/c1-2-3-12-25-18-10-9-16(24)14-17(18)19(21(25)27)20-22(28)26(23(29)30-20)13-11-15-7-5-4-6-8-15/h4-10,14H,2-3,11-13H2,1H3. The summed E-state index contributed by atoms with van der Waals surface area (Å²) in [7, 11) is 0. The van der Waals surface area contributed by atoms with E-state index in [0.717, 1.165) is 34.1 Å². The zero-order chi connectivity index (χ0) is 21.3. The largest absolute Gasteiger partial charge is 0.308 e. The van der Waals surface area contributed by atoms with Crippen molar-refractivity contribution in [1.29, 1.82) is 0 Å². The van der Waals surface area contributed by atoms with Crippen molar-refractivity contribution in [3.8, 4) is 0 Å². The van der Waals surface area contributed by atoms with Gasteiger partial charge in [0.25, 0.3) is 11.8 Å². The number of fused-ring (bicyclic) bond motifs is 1. The molecule has 1 fully saturated rings. The van der Waals surface area contributed by atoms with Gasteiger partial charge in [0.05, 0.1) is 16.2 Å². The van der Waals surface area contributed by atoms with E-state index in [1.165, 1.54) is 11.8 Å². The summed E-state index contributed by atoms with van der Waals surface area (Å²) in [5, 5.41) is 0. The zero-order valence-electron chi connectivity index (χ0n) is 16.6. The van der Waals surface area contributed by atoms with E-state index in [-0.39, 0.29) is 11.8 Å². The van der Waals surface area contributed by atoms with E-state index < -0.39 is 0 Å². The highest BCUT2D eigenvalue weighted by atomic mass is 79.9. The molecule has 154 valence electrons. The van der Waals surface area contributed by atoms with Crippen molar-refractivity contribution >= 4 is 67.3 Å². The molecule has 0 unspecified atom stereocenters. The number of anilines is 1. The first-order chi connectivity index (χ1) is 14.5. The molecule has 0 aromatic heterocycles. The van der Waals surface area contributed by atoms with Gasteiger partial charge in [0, 0.05) is 23.1 Å². The van der Waals surface area contributed by atoms with E-state index in [1.54, 1.807) is 9.80 Å². The summed E-state index contributed by atoms with van der Waals surface area (Å²) in [6.07, 6.45) is 2.62. The molecule has 0 bridgehead atoms. The Morgan fingerprint density at radius 2 is 1.77 bits per heavy atom. The van der Waals surface area contributed by atoms with E-state index >= 15 is 0 Å². The SMILES string of the molecule is CCCCN1C(=O)C(=C2SC(=S)N(CCc3ccccc3)C2=O)c2cc(Br)ccc21. The molecule has 0 saturated carbocycles. The van der Waals surface area contributed by atoms with Crippen LogP contribution in [0.15, 0.2) is 57.9 Å². The summed E-state index contributed by atoms with van der Waals surface area (Å²) < 4.78 is 1.39. The minimum absolute atomic E-state index is 0.111. The average Bonchev–Trinajstić information content (AvgIpc) is 3.17. The Labute approximate surface area is 194 Å². The highest BCUT2D eigenvalue weighted by Gasteiger charge is 2.41. The van der Waals surface area contributed by atoms with Crippen LogP contribution in [0.5, 0.6) is 0 Å². The molecular weight excluding hydrogens is 480 g/mol. The Morgan fingerprint density at radius 3 is 2.50 bits per heavy atom. The van der Waals surface area contributed by atoms with Crippen molar-refractivity contribution in [2.75, 3.05) is 18.0 Å². The van der Waals surface area contributed by atoms with Crippen LogP contribution in [0, 0.1) is 0 Å². The topological polar surface area (TPSA) is 40.6 Å². The fourth-order valence-electron chi connectivity index (χ4n) is 3.69. The van der Waals surface area contributed by atoms with Crippen molar-refractivity contribution in [3.63, 3.8) is 0 Å². The second-order valence-electron chi connectivity index (χ2n) is 7.24. The van der Waals surface area contributed by atoms with Gasteiger partial charge in [-0.1, -0.05) is 83.6 Å². The number of nitrogens with zero attached hydrogens (tertiary/aromatic N) is 2. The molecule has 1 saturated heterocycles. The van der Waals surface area contributed by atoms with Crippen LogP contribution in [0.2, 0.25) is 0 Å². The molecule has 0 aliphatic carbocycles. The lowest BCUT2D eigenvalue weighted by Gasteiger charge is -2.16. The summed E-state index contributed by atoms with van der Waals surface area (Å²) in [5.41, 5.74) is 3.29. The molecule has 0 N–H and O–H groups in total. The van der Waals surface area contributed by atoms with Gasteiger partial charge < -0.3 is 4.90 Å². The van der Waals surface area contributed by atoms with Crippen LogP contribution in [-0.4, -0.2) is 34.1 Å². The smallest absolute Gasteiger partial charge is 0.267 e. The normalized spacial score (nSPS) is 18.5. The van der Waals surface area contributed by atoms with E-state index in [0.29, 0.717) is 34.3 Å². The third kappa shape index (κ3) is 3.98. The minimum atomic E-state index is -0.174. The van der Waals surface area contributed by atoms with Crippen LogP contribution in [-0.2, 0) is 16.0 Å². The molecule has 2 aliphatic heterocycles. The monoisotopic (exact) mass is 500 g/mol. The van der Waals surface area contributed by atoms with Gasteiger partial charge in [0.1, 0.15) is 4.32 Å². The lowest BCUT2D eigenvalue weighted by atomic mass is 10.1. The van der Waals surface area contributed by atoms with Gasteiger partial charge in [0.15, 0.2) is 0 Å². The second kappa shape index (κ2) is 9.04. The second-order valence-corrected chi connectivity index (χ2v) is 9.80. The molecule has 2 aromatic carbocycles. The number of hydrogen-bond acceptors (Lipinski definition) is 4. The van der Waals surface area contributed by atoms with E-state index in [9.17, 15) is 9.59 Å². The number of thiocarbonyl (C=S) groups is 1. The van der Waals surface area contributed by atoms with E-state index in [1.807, 2.05) is 48.5 Å². The predicted octanol–water partition coefficient (Wildman–Crippen LogP) is 5.41. The Bertz CT molecular complexity index is 1050. The number of benzene rings is 2. The van der Waals surface area contributed by atoms with Gasteiger partial charge >= 0.3 is 0 Å². The number of carbonyl (C=O) groups is 2. The predicted molar refractivity (Wildman–Crippen MR) is 130 cm³/mol. The quantitative estimate of drug-likeness (QED) is 0.392. The molecule has 4 rings (SSSR count). The molecule has 2 aliphatic rings. The highest BCUT2D eigenvalue weighted by molar-refractivity contribution is 9.10. The summed E-state index contributed by atoms with van der Waals surface area (Å²) in [5.74, 6) is -0.285. The maximum Gasteiger partial charge on any atom is 0.267 e. The maximum atomic E-state index is 13.3. The Hall–Kier alpha value is -1.96. The van der Waals surface area contributed by atoms with E-state index in [4.69, 9.17) is 12.2 Å². The Morgan fingerprint density at radius 1 is 1.00 bits per heavy atom. The highest BCUT2D eigenvalue weighted by Crippen LogP contribution is 2.45. The molecule has 0 spiro atoms. The molecule has 2 heterocycles. The van der Waals surface area contributed by atoms with Gasteiger partial charge in [-0.15, -0.1) is 0 Å². The van der Waals surface area contributed by atoms with Crippen molar-refractivity contribution in [1.82, 2.24) is 4.90 Å².